The van der Waals surface area contributed by atoms with Crippen molar-refractivity contribution in [3.8, 4) is 0 Å². The number of halogens is 1. The van der Waals surface area contributed by atoms with Crippen molar-refractivity contribution in [1.29, 1.82) is 0 Å². The van der Waals surface area contributed by atoms with E-state index < -0.39 is 0 Å². The van der Waals surface area contributed by atoms with Gasteiger partial charge in [-0.15, -0.1) is 0 Å². The predicted molar refractivity (Wildman–Crippen MR) is 73.8 cm³/mol. The topological polar surface area (TPSA) is 42.1 Å². The van der Waals surface area contributed by atoms with E-state index >= 15 is 0 Å². The molecule has 19 heavy (non-hydrogen) atoms. The minimum absolute atomic E-state index is 0.206. The number of pyridine rings is 1. The van der Waals surface area contributed by atoms with Gasteiger partial charge in [-0.05, 0) is 29.8 Å². The van der Waals surface area contributed by atoms with Crippen LogP contribution in [0.3, 0.4) is 0 Å². The Morgan fingerprint density at radius 2 is 2.00 bits per heavy atom. The molecule has 3 nitrogen and oxygen atoms in total. The molecule has 1 aromatic carbocycles. The maximum absolute atomic E-state index is 13.2. The van der Waals surface area contributed by atoms with Crippen LogP contribution >= 0.6 is 0 Å². The summed E-state index contributed by atoms with van der Waals surface area (Å²) in [7, 11) is 0. The van der Waals surface area contributed by atoms with E-state index in [9.17, 15) is 4.39 Å². The van der Waals surface area contributed by atoms with Gasteiger partial charge in [0.05, 0.1) is 5.69 Å². The highest BCUT2D eigenvalue weighted by atomic mass is 19.1. The van der Waals surface area contributed by atoms with Gasteiger partial charge in [0.15, 0.2) is 0 Å². The Morgan fingerprint density at radius 1 is 1.11 bits per heavy atom. The lowest BCUT2D eigenvalue weighted by Crippen LogP contribution is -2.29. The molecular formula is C15H18FN3. The smallest absolute Gasteiger partial charge is 0.123 e. The minimum atomic E-state index is -0.206. The van der Waals surface area contributed by atoms with Gasteiger partial charge in [0.1, 0.15) is 5.82 Å². The number of nitrogens with two attached hydrogens (primary N) is 1. The fourth-order valence-electron chi connectivity index (χ4n) is 2.01. The Labute approximate surface area is 112 Å². The summed E-state index contributed by atoms with van der Waals surface area (Å²) in [5.74, 6) is -0.206. The van der Waals surface area contributed by atoms with Crippen LogP contribution in [-0.4, -0.2) is 23.0 Å². The maximum Gasteiger partial charge on any atom is 0.123 e. The lowest BCUT2D eigenvalue weighted by Gasteiger charge is -2.21. The van der Waals surface area contributed by atoms with Crippen LogP contribution in [0.15, 0.2) is 48.7 Å². The van der Waals surface area contributed by atoms with Crippen LogP contribution in [0.2, 0.25) is 0 Å². The van der Waals surface area contributed by atoms with Gasteiger partial charge in [-0.1, -0.05) is 18.2 Å². The molecule has 100 valence electrons. The molecule has 0 fully saturated rings. The molecule has 0 saturated heterocycles. The van der Waals surface area contributed by atoms with E-state index in [1.165, 1.54) is 6.07 Å². The van der Waals surface area contributed by atoms with Crippen LogP contribution in [0.25, 0.3) is 0 Å². The van der Waals surface area contributed by atoms with Gasteiger partial charge in [0.25, 0.3) is 0 Å². The largest absolute Gasteiger partial charge is 0.329 e. The second-order valence-corrected chi connectivity index (χ2v) is 4.45. The van der Waals surface area contributed by atoms with Crippen LogP contribution in [0, 0.1) is 5.82 Å². The monoisotopic (exact) mass is 259 g/mol. The zero-order valence-electron chi connectivity index (χ0n) is 10.8. The highest BCUT2D eigenvalue weighted by Crippen LogP contribution is 2.09. The summed E-state index contributed by atoms with van der Waals surface area (Å²) in [6.07, 6.45) is 1.78. The van der Waals surface area contributed by atoms with Crippen molar-refractivity contribution in [3.05, 3.63) is 65.7 Å². The predicted octanol–water partition coefficient (Wildman–Crippen LogP) is 2.18. The zero-order chi connectivity index (χ0) is 13.5. The Hall–Kier alpha value is -1.78. The molecule has 2 rings (SSSR count). The average molecular weight is 259 g/mol. The summed E-state index contributed by atoms with van der Waals surface area (Å²) >= 11 is 0. The quantitative estimate of drug-likeness (QED) is 0.864. The van der Waals surface area contributed by atoms with Gasteiger partial charge in [0.2, 0.25) is 0 Å². The first-order valence-electron chi connectivity index (χ1n) is 6.34. The molecule has 1 heterocycles. The Balaban J connectivity index is 2.04. The average Bonchev–Trinajstić information content (AvgIpc) is 2.40. The van der Waals surface area contributed by atoms with Crippen molar-refractivity contribution in [2.45, 2.75) is 13.1 Å². The molecule has 1 aromatic heterocycles. The molecule has 2 aromatic rings. The van der Waals surface area contributed by atoms with Gasteiger partial charge in [-0.25, -0.2) is 4.39 Å². The molecule has 0 aliphatic carbocycles. The van der Waals surface area contributed by atoms with Crippen LogP contribution in [-0.2, 0) is 13.1 Å². The molecule has 0 spiro atoms. The Morgan fingerprint density at radius 3 is 2.68 bits per heavy atom. The van der Waals surface area contributed by atoms with E-state index in [4.69, 9.17) is 5.73 Å². The molecule has 0 bridgehead atoms. The first-order valence-corrected chi connectivity index (χ1v) is 6.34. The third-order valence-electron chi connectivity index (χ3n) is 2.85. The van der Waals surface area contributed by atoms with Crippen molar-refractivity contribution < 1.29 is 4.39 Å². The molecule has 0 aliphatic rings. The zero-order valence-corrected chi connectivity index (χ0v) is 10.8. The first-order chi connectivity index (χ1) is 9.28. The van der Waals surface area contributed by atoms with E-state index in [-0.39, 0.29) is 5.82 Å². The van der Waals surface area contributed by atoms with E-state index in [0.29, 0.717) is 19.6 Å². The van der Waals surface area contributed by atoms with Gasteiger partial charge < -0.3 is 5.73 Å². The number of aromatic nitrogens is 1. The van der Waals surface area contributed by atoms with E-state index in [1.807, 2.05) is 24.3 Å². The van der Waals surface area contributed by atoms with Crippen LogP contribution in [0.1, 0.15) is 11.3 Å². The molecule has 4 heteroatoms. The molecule has 0 radical (unpaired) electrons. The summed E-state index contributed by atoms with van der Waals surface area (Å²) in [5, 5.41) is 0. The third kappa shape index (κ3) is 4.43. The molecule has 0 saturated carbocycles. The van der Waals surface area contributed by atoms with Crippen LogP contribution in [0.4, 0.5) is 4.39 Å². The molecular weight excluding hydrogens is 241 g/mol. The number of hydrogen-bond acceptors (Lipinski definition) is 3. The van der Waals surface area contributed by atoms with Gasteiger partial charge in [-0.3, -0.25) is 9.88 Å². The van der Waals surface area contributed by atoms with E-state index in [2.05, 4.69) is 9.88 Å². The van der Waals surface area contributed by atoms with Gasteiger partial charge in [-0.2, -0.15) is 0 Å². The minimum Gasteiger partial charge on any atom is -0.329 e. The van der Waals surface area contributed by atoms with E-state index in [0.717, 1.165) is 17.8 Å². The van der Waals surface area contributed by atoms with Crippen molar-refractivity contribution in [3.63, 3.8) is 0 Å². The maximum atomic E-state index is 13.2. The Bertz CT molecular complexity index is 502. The normalized spacial score (nSPS) is 10.9. The molecule has 0 atom stereocenters. The molecule has 2 N–H and O–H groups in total. The first kappa shape index (κ1) is 13.6. The van der Waals surface area contributed by atoms with Crippen molar-refractivity contribution in [1.82, 2.24) is 9.88 Å². The third-order valence-corrected chi connectivity index (χ3v) is 2.85. The second kappa shape index (κ2) is 6.97. The highest BCUT2D eigenvalue weighted by Gasteiger charge is 2.07. The fraction of sp³-hybridized carbons (Fsp3) is 0.267. The number of rotatable bonds is 6. The lowest BCUT2D eigenvalue weighted by molar-refractivity contribution is 0.261. The summed E-state index contributed by atoms with van der Waals surface area (Å²) in [4.78, 5) is 6.47. The molecule has 0 aliphatic heterocycles. The van der Waals surface area contributed by atoms with Crippen molar-refractivity contribution in [2.75, 3.05) is 13.1 Å². The summed E-state index contributed by atoms with van der Waals surface area (Å²) in [6, 6.07) is 12.5. The molecule has 0 amide bonds. The summed E-state index contributed by atoms with van der Waals surface area (Å²) in [6.45, 7) is 2.72. The Kier molecular flexibility index (Phi) is 5.01. The SMILES string of the molecule is NCCN(Cc1cccc(F)c1)Cc1ccccn1. The number of hydrogen-bond donors (Lipinski definition) is 1. The van der Waals surface area contributed by atoms with Gasteiger partial charge in [0, 0.05) is 32.4 Å². The summed E-state index contributed by atoms with van der Waals surface area (Å²) in [5.41, 5.74) is 7.57. The number of nitrogens with zero attached hydrogens (tertiary/aromatic N) is 2. The van der Waals surface area contributed by atoms with E-state index in [1.54, 1.807) is 18.3 Å². The highest BCUT2D eigenvalue weighted by molar-refractivity contribution is 5.16. The number of benzene rings is 1. The fourth-order valence-corrected chi connectivity index (χ4v) is 2.01. The molecule has 0 unspecified atom stereocenters. The van der Waals surface area contributed by atoms with Crippen molar-refractivity contribution in [2.24, 2.45) is 5.73 Å². The van der Waals surface area contributed by atoms with Crippen LogP contribution < -0.4 is 5.73 Å². The lowest BCUT2D eigenvalue weighted by atomic mass is 10.2. The van der Waals surface area contributed by atoms with Gasteiger partial charge >= 0.3 is 0 Å². The summed E-state index contributed by atoms with van der Waals surface area (Å²) < 4.78 is 13.2. The van der Waals surface area contributed by atoms with Crippen LogP contribution in [0.5, 0.6) is 0 Å². The van der Waals surface area contributed by atoms with Crippen molar-refractivity contribution >= 4 is 0 Å². The second-order valence-electron chi connectivity index (χ2n) is 4.45. The standard InChI is InChI=1S/C15H18FN3/c16-14-5-3-4-13(10-14)11-19(9-7-17)12-15-6-1-2-8-18-15/h1-6,8,10H,7,9,11-12,17H2.